The van der Waals surface area contributed by atoms with Gasteiger partial charge in [-0.25, -0.2) is 0 Å². The van der Waals surface area contributed by atoms with Crippen molar-refractivity contribution in [2.45, 2.75) is 0 Å². The number of aromatic nitrogens is 1. The van der Waals surface area contributed by atoms with E-state index >= 15 is 0 Å². The average Bonchev–Trinajstić information content (AvgIpc) is 3.07. The average molecular weight is 318 g/mol. The molecular formula is C23H14N2. The van der Waals surface area contributed by atoms with Crippen LogP contribution in [0.5, 0.6) is 0 Å². The van der Waals surface area contributed by atoms with E-state index in [0.29, 0.717) is 0 Å². The van der Waals surface area contributed by atoms with E-state index in [-0.39, 0.29) is 0 Å². The van der Waals surface area contributed by atoms with Crippen molar-refractivity contribution in [3.8, 4) is 17.2 Å². The van der Waals surface area contributed by atoms with Gasteiger partial charge in [-0.15, -0.1) is 0 Å². The Balaban J connectivity index is 2.14. The number of H-pyrrole nitrogens is 1. The number of nitrogens with one attached hydrogen (secondary N) is 1. The lowest BCUT2D eigenvalue weighted by Crippen LogP contribution is -1.90. The molecule has 1 aromatic heterocycles. The highest BCUT2D eigenvalue weighted by Crippen LogP contribution is 2.41. The molecule has 2 heteroatoms. The van der Waals surface area contributed by atoms with Crippen LogP contribution in [0.25, 0.3) is 43.7 Å². The second kappa shape index (κ2) is 5.22. The molecule has 25 heavy (non-hydrogen) atoms. The zero-order valence-corrected chi connectivity index (χ0v) is 13.5. The number of fused-ring (bicyclic) bond motifs is 5. The van der Waals surface area contributed by atoms with E-state index in [1.54, 1.807) is 0 Å². The van der Waals surface area contributed by atoms with E-state index in [0.717, 1.165) is 49.3 Å². The molecule has 1 N–H and O–H groups in total. The molecule has 2 nitrogen and oxygen atoms in total. The molecule has 4 aromatic carbocycles. The molecule has 0 atom stereocenters. The molecule has 0 bridgehead atoms. The molecule has 0 unspecified atom stereocenters. The second-order valence-corrected chi connectivity index (χ2v) is 6.19. The quantitative estimate of drug-likeness (QED) is 0.404. The van der Waals surface area contributed by atoms with Crippen molar-refractivity contribution >= 4 is 32.6 Å². The van der Waals surface area contributed by atoms with Gasteiger partial charge in [0.2, 0.25) is 0 Å². The van der Waals surface area contributed by atoms with E-state index in [2.05, 4.69) is 41.4 Å². The van der Waals surface area contributed by atoms with Crippen LogP contribution < -0.4 is 0 Å². The van der Waals surface area contributed by atoms with Gasteiger partial charge in [-0.3, -0.25) is 0 Å². The molecule has 5 aromatic rings. The number of nitrogens with zero attached hydrogens (tertiary/aromatic N) is 1. The summed E-state index contributed by atoms with van der Waals surface area (Å²) in [7, 11) is 0. The van der Waals surface area contributed by atoms with Gasteiger partial charge in [0.05, 0.1) is 11.1 Å². The van der Waals surface area contributed by atoms with E-state index < -0.39 is 0 Å². The topological polar surface area (TPSA) is 39.6 Å². The molecule has 0 saturated carbocycles. The zero-order chi connectivity index (χ0) is 16.8. The van der Waals surface area contributed by atoms with Gasteiger partial charge in [0.25, 0.3) is 0 Å². The van der Waals surface area contributed by atoms with Crippen molar-refractivity contribution in [3.63, 3.8) is 0 Å². The standard InChI is InChI=1S/C23H14N2/c24-14-19-16-10-4-5-11-17(16)23-22(18-12-6-7-13-20(18)25-23)21(19)15-8-2-1-3-9-15/h1-13,25H. The molecule has 0 fully saturated rings. The second-order valence-electron chi connectivity index (χ2n) is 6.19. The summed E-state index contributed by atoms with van der Waals surface area (Å²) in [6, 6.07) is 29.1. The molecule has 1 heterocycles. The van der Waals surface area contributed by atoms with Gasteiger partial charge in [-0.2, -0.15) is 5.26 Å². The lowest BCUT2D eigenvalue weighted by Gasteiger charge is -2.11. The van der Waals surface area contributed by atoms with Crippen molar-refractivity contribution in [1.29, 1.82) is 5.26 Å². The molecule has 0 aliphatic rings. The van der Waals surface area contributed by atoms with Crippen molar-refractivity contribution in [3.05, 3.63) is 84.4 Å². The van der Waals surface area contributed by atoms with E-state index in [1.165, 1.54) is 0 Å². The third kappa shape index (κ3) is 1.90. The molecule has 0 spiro atoms. The van der Waals surface area contributed by atoms with Crippen LogP contribution in [0, 0.1) is 11.3 Å². The number of hydrogen-bond acceptors (Lipinski definition) is 1. The van der Waals surface area contributed by atoms with Crippen LogP contribution in [0.4, 0.5) is 0 Å². The summed E-state index contributed by atoms with van der Waals surface area (Å²) in [6.45, 7) is 0. The van der Waals surface area contributed by atoms with Gasteiger partial charge in [0.15, 0.2) is 0 Å². The Bertz CT molecular complexity index is 1290. The first-order chi connectivity index (χ1) is 12.4. The minimum Gasteiger partial charge on any atom is -0.354 e. The fourth-order valence-electron chi connectivity index (χ4n) is 3.79. The SMILES string of the molecule is N#Cc1c(-c2ccccc2)c2c3ccccc3[nH]c2c2ccccc12. The molecule has 0 radical (unpaired) electrons. The van der Waals surface area contributed by atoms with Gasteiger partial charge in [-0.1, -0.05) is 72.8 Å². The summed E-state index contributed by atoms with van der Waals surface area (Å²) < 4.78 is 0. The maximum absolute atomic E-state index is 9.99. The monoisotopic (exact) mass is 318 g/mol. The smallest absolute Gasteiger partial charge is 0.100 e. The number of rotatable bonds is 1. The molecule has 0 saturated heterocycles. The minimum absolute atomic E-state index is 0.735. The third-order valence-corrected chi connectivity index (χ3v) is 4.85. The van der Waals surface area contributed by atoms with Gasteiger partial charge < -0.3 is 4.98 Å². The predicted octanol–water partition coefficient (Wildman–Crippen LogP) is 6.01. The first kappa shape index (κ1) is 13.8. The zero-order valence-electron chi connectivity index (χ0n) is 13.5. The molecule has 0 aliphatic heterocycles. The maximum atomic E-state index is 9.99. The Hall–Kier alpha value is -3.57. The maximum Gasteiger partial charge on any atom is 0.100 e. The van der Waals surface area contributed by atoms with E-state index in [1.807, 2.05) is 48.5 Å². The van der Waals surface area contributed by atoms with Crippen LogP contribution in [0.3, 0.4) is 0 Å². The number of hydrogen-bond donors (Lipinski definition) is 1. The van der Waals surface area contributed by atoms with Crippen LogP contribution in [0.2, 0.25) is 0 Å². The first-order valence-electron chi connectivity index (χ1n) is 8.29. The predicted molar refractivity (Wildman–Crippen MR) is 103 cm³/mol. The lowest BCUT2D eigenvalue weighted by atomic mass is 9.90. The summed E-state index contributed by atoms with van der Waals surface area (Å²) in [6.07, 6.45) is 0. The highest BCUT2D eigenvalue weighted by molar-refractivity contribution is 6.24. The summed E-state index contributed by atoms with van der Waals surface area (Å²) in [5, 5.41) is 14.3. The highest BCUT2D eigenvalue weighted by atomic mass is 14.7. The van der Waals surface area contributed by atoms with Gasteiger partial charge in [0, 0.05) is 32.6 Å². The summed E-state index contributed by atoms with van der Waals surface area (Å²) in [4.78, 5) is 3.57. The minimum atomic E-state index is 0.735. The van der Waals surface area contributed by atoms with E-state index in [4.69, 9.17) is 0 Å². The fourth-order valence-corrected chi connectivity index (χ4v) is 3.79. The lowest BCUT2D eigenvalue weighted by molar-refractivity contribution is 1.50. The summed E-state index contributed by atoms with van der Waals surface area (Å²) in [5.41, 5.74) is 5.00. The van der Waals surface area contributed by atoms with Crippen LogP contribution in [0.15, 0.2) is 78.9 Å². The number of nitriles is 1. The van der Waals surface area contributed by atoms with Gasteiger partial charge in [0.1, 0.15) is 6.07 Å². The Morgan fingerprint density at radius 2 is 1.32 bits per heavy atom. The molecule has 116 valence electrons. The normalized spacial score (nSPS) is 11.2. The van der Waals surface area contributed by atoms with E-state index in [9.17, 15) is 5.26 Å². The Labute approximate surface area is 145 Å². The highest BCUT2D eigenvalue weighted by Gasteiger charge is 2.19. The number of aromatic amines is 1. The molecule has 0 amide bonds. The first-order valence-corrected chi connectivity index (χ1v) is 8.29. The Morgan fingerprint density at radius 1 is 0.680 bits per heavy atom. The summed E-state index contributed by atoms with van der Waals surface area (Å²) >= 11 is 0. The van der Waals surface area contributed by atoms with Crippen molar-refractivity contribution < 1.29 is 0 Å². The Morgan fingerprint density at radius 3 is 2.08 bits per heavy atom. The number of para-hydroxylation sites is 1. The Kier molecular flexibility index (Phi) is 2.89. The molecule has 5 rings (SSSR count). The van der Waals surface area contributed by atoms with Crippen LogP contribution in [-0.4, -0.2) is 4.98 Å². The molecular weight excluding hydrogens is 304 g/mol. The van der Waals surface area contributed by atoms with Gasteiger partial charge >= 0.3 is 0 Å². The van der Waals surface area contributed by atoms with Crippen molar-refractivity contribution in [2.24, 2.45) is 0 Å². The molecule has 0 aliphatic carbocycles. The van der Waals surface area contributed by atoms with Crippen LogP contribution in [0.1, 0.15) is 5.56 Å². The fraction of sp³-hybridized carbons (Fsp3) is 0. The largest absolute Gasteiger partial charge is 0.354 e. The number of benzene rings is 4. The van der Waals surface area contributed by atoms with Crippen LogP contribution in [-0.2, 0) is 0 Å². The van der Waals surface area contributed by atoms with Crippen molar-refractivity contribution in [2.75, 3.05) is 0 Å². The van der Waals surface area contributed by atoms with Crippen molar-refractivity contribution in [1.82, 2.24) is 4.98 Å². The van der Waals surface area contributed by atoms with Crippen LogP contribution >= 0.6 is 0 Å². The third-order valence-electron chi connectivity index (χ3n) is 4.85. The van der Waals surface area contributed by atoms with Gasteiger partial charge in [-0.05, 0) is 11.6 Å². The summed E-state index contributed by atoms with van der Waals surface area (Å²) in [5.74, 6) is 0.